The molecule has 1 heterocycles. The zero-order valence-corrected chi connectivity index (χ0v) is 17.5. The van der Waals surface area contributed by atoms with E-state index in [1.165, 1.54) is 16.7 Å². The zero-order chi connectivity index (χ0) is 21.5. The molecule has 1 saturated carbocycles. The molecule has 1 aromatic heterocycles. The molecule has 1 aliphatic rings. The van der Waals surface area contributed by atoms with Crippen LogP contribution >= 0.6 is 0 Å². The smallest absolute Gasteiger partial charge is 0.419 e. The Morgan fingerprint density at radius 1 is 1.17 bits per heavy atom. The minimum absolute atomic E-state index is 0.0127. The Kier molecular flexibility index (Phi) is 4.93. The van der Waals surface area contributed by atoms with Gasteiger partial charge < -0.3 is 9.15 Å². The van der Waals surface area contributed by atoms with E-state index in [1.54, 1.807) is 44.2 Å². The summed E-state index contributed by atoms with van der Waals surface area (Å²) in [5.74, 6) is -0.770. The SMILES string of the molecule is CCOC(=O)C1(c2ccc(NS(=O)(=O)c3ccc4c(c3)oc(=O)n4CC)cc2)CC1. The van der Waals surface area contributed by atoms with Crippen molar-refractivity contribution in [3.8, 4) is 0 Å². The number of anilines is 1. The molecular formula is C21H22N2O6S. The summed E-state index contributed by atoms with van der Waals surface area (Å²) >= 11 is 0. The van der Waals surface area contributed by atoms with Crippen molar-refractivity contribution in [3.05, 3.63) is 58.6 Å². The van der Waals surface area contributed by atoms with Gasteiger partial charge >= 0.3 is 11.7 Å². The summed E-state index contributed by atoms with van der Waals surface area (Å²) in [7, 11) is -3.89. The second-order valence-electron chi connectivity index (χ2n) is 7.23. The van der Waals surface area contributed by atoms with Crippen molar-refractivity contribution in [3.63, 3.8) is 0 Å². The number of benzene rings is 2. The molecular weight excluding hydrogens is 408 g/mol. The Morgan fingerprint density at radius 2 is 1.87 bits per heavy atom. The van der Waals surface area contributed by atoms with Crippen molar-refractivity contribution in [1.82, 2.24) is 4.57 Å². The number of fused-ring (bicyclic) bond motifs is 1. The first-order valence-electron chi connectivity index (χ1n) is 9.75. The number of nitrogens with zero attached hydrogens (tertiary/aromatic N) is 1. The highest BCUT2D eigenvalue weighted by Crippen LogP contribution is 2.49. The minimum Gasteiger partial charge on any atom is -0.465 e. The van der Waals surface area contributed by atoms with Gasteiger partial charge in [-0.2, -0.15) is 0 Å². The fraction of sp³-hybridized carbons (Fsp3) is 0.333. The van der Waals surface area contributed by atoms with Crippen LogP contribution in [-0.2, 0) is 31.5 Å². The second-order valence-corrected chi connectivity index (χ2v) is 8.91. The molecule has 9 heteroatoms. The number of aromatic nitrogens is 1. The first-order valence-corrected chi connectivity index (χ1v) is 11.2. The van der Waals surface area contributed by atoms with Crippen molar-refractivity contribution in [2.45, 2.75) is 43.5 Å². The van der Waals surface area contributed by atoms with Crippen LogP contribution in [0.3, 0.4) is 0 Å². The molecule has 1 fully saturated rings. The quantitative estimate of drug-likeness (QED) is 0.578. The Hall–Kier alpha value is -3.07. The van der Waals surface area contributed by atoms with E-state index < -0.39 is 21.2 Å². The number of ether oxygens (including phenoxy) is 1. The lowest BCUT2D eigenvalue weighted by molar-refractivity contribution is -0.146. The van der Waals surface area contributed by atoms with E-state index in [1.807, 2.05) is 0 Å². The van der Waals surface area contributed by atoms with E-state index in [-0.39, 0.29) is 16.4 Å². The lowest BCUT2D eigenvalue weighted by Crippen LogP contribution is -2.23. The molecule has 0 spiro atoms. The Labute approximate surface area is 173 Å². The molecule has 0 saturated heterocycles. The van der Waals surface area contributed by atoms with Crippen molar-refractivity contribution >= 4 is 32.8 Å². The second kappa shape index (κ2) is 7.32. The fourth-order valence-electron chi connectivity index (χ4n) is 3.59. The summed E-state index contributed by atoms with van der Waals surface area (Å²) in [5, 5.41) is 0. The van der Waals surface area contributed by atoms with E-state index >= 15 is 0 Å². The highest BCUT2D eigenvalue weighted by atomic mass is 32.2. The molecule has 1 N–H and O–H groups in total. The van der Waals surface area contributed by atoms with Crippen LogP contribution in [0.25, 0.3) is 11.1 Å². The molecule has 0 unspecified atom stereocenters. The van der Waals surface area contributed by atoms with Gasteiger partial charge in [0.1, 0.15) is 0 Å². The van der Waals surface area contributed by atoms with Crippen LogP contribution in [0.2, 0.25) is 0 Å². The summed E-state index contributed by atoms with van der Waals surface area (Å²) in [6.07, 6.45) is 1.44. The third-order valence-corrected chi connectivity index (χ3v) is 6.75. The van der Waals surface area contributed by atoms with E-state index in [4.69, 9.17) is 9.15 Å². The largest absolute Gasteiger partial charge is 0.465 e. The lowest BCUT2D eigenvalue weighted by Gasteiger charge is -2.15. The van der Waals surface area contributed by atoms with Crippen molar-refractivity contribution in [1.29, 1.82) is 0 Å². The van der Waals surface area contributed by atoms with Crippen LogP contribution in [0.1, 0.15) is 32.3 Å². The number of hydrogen-bond donors (Lipinski definition) is 1. The summed E-state index contributed by atoms with van der Waals surface area (Å²) < 4.78 is 39.8. The standard InChI is InChI=1S/C21H22N2O6S/c1-3-23-17-10-9-16(13-18(17)29-20(23)25)30(26,27)22-15-7-5-14(6-8-15)21(11-12-21)19(24)28-4-2/h5-10,13,22H,3-4,11-12H2,1-2H3. The van der Waals surface area contributed by atoms with Crippen LogP contribution < -0.4 is 10.5 Å². The van der Waals surface area contributed by atoms with Gasteiger partial charge in [0, 0.05) is 18.3 Å². The molecule has 8 nitrogen and oxygen atoms in total. The molecule has 3 aromatic rings. The molecule has 1 aliphatic carbocycles. The lowest BCUT2D eigenvalue weighted by atomic mass is 9.96. The molecule has 2 aromatic carbocycles. The minimum atomic E-state index is -3.89. The number of hydrogen-bond acceptors (Lipinski definition) is 6. The van der Waals surface area contributed by atoms with Gasteiger partial charge in [-0.05, 0) is 56.5 Å². The molecule has 4 rings (SSSR count). The van der Waals surface area contributed by atoms with Gasteiger partial charge in [-0.3, -0.25) is 14.1 Å². The number of nitrogens with one attached hydrogen (secondary N) is 1. The summed E-state index contributed by atoms with van der Waals surface area (Å²) in [4.78, 5) is 24.0. The number of carbonyl (C=O) groups excluding carboxylic acids is 1. The first kappa shape index (κ1) is 20.2. The van der Waals surface area contributed by atoms with E-state index in [9.17, 15) is 18.0 Å². The number of oxazole rings is 1. The maximum Gasteiger partial charge on any atom is 0.419 e. The Balaban J connectivity index is 1.57. The summed E-state index contributed by atoms with van der Waals surface area (Å²) in [5.41, 5.74) is 1.33. The van der Waals surface area contributed by atoms with Gasteiger partial charge in [0.2, 0.25) is 0 Å². The average Bonchev–Trinajstić information content (AvgIpc) is 3.46. The Morgan fingerprint density at radius 3 is 2.47 bits per heavy atom. The van der Waals surface area contributed by atoms with Crippen LogP contribution in [0.5, 0.6) is 0 Å². The van der Waals surface area contributed by atoms with Crippen molar-refractivity contribution < 1.29 is 22.4 Å². The van der Waals surface area contributed by atoms with E-state index in [0.717, 1.165) is 18.4 Å². The maximum atomic E-state index is 12.8. The normalized spacial score (nSPS) is 15.1. The van der Waals surface area contributed by atoms with E-state index in [0.29, 0.717) is 24.4 Å². The predicted molar refractivity (Wildman–Crippen MR) is 111 cm³/mol. The van der Waals surface area contributed by atoms with Crippen molar-refractivity contribution in [2.24, 2.45) is 0 Å². The van der Waals surface area contributed by atoms with Gasteiger partial charge in [0.15, 0.2) is 5.58 Å². The molecule has 0 aliphatic heterocycles. The fourth-order valence-corrected chi connectivity index (χ4v) is 4.66. The van der Waals surface area contributed by atoms with Gasteiger partial charge in [-0.25, -0.2) is 13.2 Å². The molecule has 158 valence electrons. The molecule has 0 radical (unpaired) electrons. The Bertz CT molecular complexity index is 1270. The zero-order valence-electron chi connectivity index (χ0n) is 16.7. The number of rotatable bonds is 7. The molecule has 0 atom stereocenters. The monoisotopic (exact) mass is 430 g/mol. The predicted octanol–water partition coefficient (Wildman–Crippen LogP) is 3.01. The molecule has 0 amide bonds. The van der Waals surface area contributed by atoms with Crippen molar-refractivity contribution in [2.75, 3.05) is 11.3 Å². The summed E-state index contributed by atoms with van der Waals surface area (Å²) in [6, 6.07) is 11.0. The number of carbonyl (C=O) groups is 1. The molecule has 0 bridgehead atoms. The van der Waals surface area contributed by atoms with Gasteiger partial charge in [0.25, 0.3) is 10.0 Å². The number of sulfonamides is 1. The van der Waals surface area contributed by atoms with Crippen LogP contribution in [0.4, 0.5) is 5.69 Å². The van der Waals surface area contributed by atoms with Gasteiger partial charge in [-0.1, -0.05) is 12.1 Å². The highest BCUT2D eigenvalue weighted by Gasteiger charge is 2.52. The van der Waals surface area contributed by atoms with Crippen LogP contribution in [0.15, 0.2) is 56.6 Å². The average molecular weight is 430 g/mol. The third kappa shape index (κ3) is 3.39. The number of aryl methyl sites for hydroxylation is 1. The van der Waals surface area contributed by atoms with Crippen LogP contribution in [-0.4, -0.2) is 25.6 Å². The van der Waals surface area contributed by atoms with Crippen LogP contribution in [0, 0.1) is 0 Å². The number of esters is 1. The van der Waals surface area contributed by atoms with E-state index in [2.05, 4.69) is 4.72 Å². The topological polar surface area (TPSA) is 108 Å². The third-order valence-electron chi connectivity index (χ3n) is 5.37. The first-order chi connectivity index (χ1) is 14.3. The summed E-state index contributed by atoms with van der Waals surface area (Å²) in [6.45, 7) is 4.33. The maximum absolute atomic E-state index is 12.8. The molecule has 30 heavy (non-hydrogen) atoms. The van der Waals surface area contributed by atoms with Gasteiger partial charge in [-0.15, -0.1) is 0 Å². The van der Waals surface area contributed by atoms with Gasteiger partial charge in [0.05, 0.1) is 22.4 Å². The highest BCUT2D eigenvalue weighted by molar-refractivity contribution is 7.92.